The Morgan fingerprint density at radius 2 is 1.83 bits per heavy atom. The van der Waals surface area contributed by atoms with Gasteiger partial charge in [-0.1, -0.05) is 12.1 Å². The minimum Gasteiger partial charge on any atom is -0.468 e. The molecule has 0 bridgehead atoms. The van der Waals surface area contributed by atoms with E-state index in [1.807, 2.05) is 6.92 Å². The standard InChI is InChI=1S/C28H38F2N4O7/c1-8-39-25(36)23-20-14-33(27(37)41-28(4,5)6)16(2)13-21(20)32-34(23)15-22(24(35)38-7)31-17(3)18-9-11-19(12-10-18)40-26(29)30/h9-12,16-17,22,26,31H,8,13-15H2,1-7H3/t16-,17?,22?/m1/s1. The van der Waals surface area contributed by atoms with Gasteiger partial charge in [0.2, 0.25) is 0 Å². The highest BCUT2D eigenvalue weighted by atomic mass is 19.3. The van der Waals surface area contributed by atoms with Crippen molar-refractivity contribution in [2.75, 3.05) is 13.7 Å². The minimum absolute atomic E-state index is 0.0105. The highest BCUT2D eigenvalue weighted by Gasteiger charge is 2.37. The van der Waals surface area contributed by atoms with Gasteiger partial charge in [-0.05, 0) is 59.2 Å². The number of methoxy groups -OCH3 is 1. The van der Waals surface area contributed by atoms with E-state index in [4.69, 9.17) is 14.2 Å². The molecule has 2 unspecified atom stereocenters. The number of ether oxygens (including phenoxy) is 4. The Bertz CT molecular complexity index is 1230. The third-order valence-electron chi connectivity index (χ3n) is 6.48. The Morgan fingerprint density at radius 3 is 2.39 bits per heavy atom. The van der Waals surface area contributed by atoms with Crippen LogP contribution in [0, 0.1) is 0 Å². The van der Waals surface area contributed by atoms with Crippen molar-refractivity contribution in [3.8, 4) is 5.75 Å². The lowest BCUT2D eigenvalue weighted by atomic mass is 10.00. The molecule has 0 fully saturated rings. The maximum absolute atomic E-state index is 13.1. The van der Waals surface area contributed by atoms with Crippen molar-refractivity contribution >= 4 is 18.0 Å². The molecule has 0 radical (unpaired) electrons. The molecule has 0 saturated heterocycles. The lowest BCUT2D eigenvalue weighted by Crippen LogP contribution is -2.45. The number of carbonyl (C=O) groups excluding carboxylic acids is 3. The normalized spacial score (nSPS) is 16.5. The maximum Gasteiger partial charge on any atom is 0.410 e. The molecule has 1 aromatic heterocycles. The van der Waals surface area contributed by atoms with Crippen LogP contribution in [0.2, 0.25) is 0 Å². The fraction of sp³-hybridized carbons (Fsp3) is 0.571. The summed E-state index contributed by atoms with van der Waals surface area (Å²) < 4.78 is 46.7. The van der Waals surface area contributed by atoms with Crippen LogP contribution in [0.3, 0.4) is 0 Å². The Labute approximate surface area is 238 Å². The monoisotopic (exact) mass is 580 g/mol. The van der Waals surface area contributed by atoms with E-state index in [1.165, 1.54) is 23.9 Å². The third kappa shape index (κ3) is 8.15. The number of nitrogens with zero attached hydrogens (tertiary/aromatic N) is 3. The van der Waals surface area contributed by atoms with Crippen molar-refractivity contribution in [3.05, 3.63) is 46.8 Å². The zero-order valence-corrected chi connectivity index (χ0v) is 24.4. The molecule has 0 aliphatic carbocycles. The van der Waals surface area contributed by atoms with Gasteiger partial charge in [0.05, 0.1) is 32.5 Å². The number of nitrogens with one attached hydrogen (secondary N) is 1. The molecule has 1 N–H and O–H groups in total. The van der Waals surface area contributed by atoms with Crippen LogP contribution in [0.5, 0.6) is 5.75 Å². The molecule has 1 aromatic carbocycles. The van der Waals surface area contributed by atoms with E-state index in [2.05, 4.69) is 15.2 Å². The van der Waals surface area contributed by atoms with E-state index in [9.17, 15) is 23.2 Å². The molecule has 1 aliphatic heterocycles. The number of alkyl halides is 2. The molecule has 3 atom stereocenters. The third-order valence-corrected chi connectivity index (χ3v) is 6.48. The average Bonchev–Trinajstić information content (AvgIpc) is 3.22. The molecule has 1 aliphatic rings. The molecule has 2 aromatic rings. The number of amides is 1. The summed E-state index contributed by atoms with van der Waals surface area (Å²) in [6.45, 7) is 7.86. The smallest absolute Gasteiger partial charge is 0.410 e. The van der Waals surface area contributed by atoms with E-state index < -0.39 is 42.3 Å². The van der Waals surface area contributed by atoms with Gasteiger partial charge in [0.15, 0.2) is 5.69 Å². The van der Waals surface area contributed by atoms with Crippen LogP contribution in [-0.2, 0) is 38.5 Å². The van der Waals surface area contributed by atoms with Gasteiger partial charge < -0.3 is 23.8 Å². The first-order valence-corrected chi connectivity index (χ1v) is 13.4. The van der Waals surface area contributed by atoms with Crippen LogP contribution in [-0.4, -0.2) is 70.7 Å². The Morgan fingerprint density at radius 1 is 1.17 bits per heavy atom. The summed E-state index contributed by atoms with van der Waals surface area (Å²) in [5, 5.41) is 7.82. The number of halogens is 2. The Hall–Kier alpha value is -3.74. The summed E-state index contributed by atoms with van der Waals surface area (Å²) >= 11 is 0. The molecule has 2 heterocycles. The van der Waals surface area contributed by atoms with Gasteiger partial charge in [0.1, 0.15) is 17.4 Å². The molecule has 0 saturated carbocycles. The second-order valence-electron chi connectivity index (χ2n) is 10.7. The first-order chi connectivity index (χ1) is 19.2. The van der Waals surface area contributed by atoms with Crippen molar-refractivity contribution in [3.63, 3.8) is 0 Å². The summed E-state index contributed by atoms with van der Waals surface area (Å²) in [7, 11) is 1.25. The highest BCUT2D eigenvalue weighted by molar-refractivity contribution is 5.90. The molecule has 3 rings (SSSR count). The van der Waals surface area contributed by atoms with E-state index in [-0.39, 0.29) is 37.2 Å². The Balaban J connectivity index is 1.90. The molecular formula is C28H38F2N4O7. The number of fused-ring (bicyclic) bond motifs is 1. The predicted molar refractivity (Wildman–Crippen MR) is 144 cm³/mol. The second kappa shape index (κ2) is 13.3. The van der Waals surface area contributed by atoms with E-state index >= 15 is 0 Å². The van der Waals surface area contributed by atoms with Crippen molar-refractivity contribution in [2.45, 2.75) is 91.4 Å². The number of rotatable bonds is 10. The lowest BCUT2D eigenvalue weighted by Gasteiger charge is -2.34. The summed E-state index contributed by atoms with van der Waals surface area (Å²) in [5.74, 6) is -1.22. The predicted octanol–water partition coefficient (Wildman–Crippen LogP) is 4.24. The summed E-state index contributed by atoms with van der Waals surface area (Å²) in [6, 6.07) is 4.41. The quantitative estimate of drug-likeness (QED) is 0.325. The SMILES string of the molecule is CCOC(=O)c1c2c(nn1CC(NC(C)c1ccc(OC(F)F)cc1)C(=O)OC)C[C@@H](C)N(C(=O)OC(C)(C)C)C2. The van der Waals surface area contributed by atoms with Crippen LogP contribution in [0.15, 0.2) is 24.3 Å². The molecular weight excluding hydrogens is 542 g/mol. The fourth-order valence-corrected chi connectivity index (χ4v) is 4.57. The molecule has 13 heteroatoms. The van der Waals surface area contributed by atoms with Crippen molar-refractivity contribution in [2.24, 2.45) is 0 Å². The number of hydrogen-bond donors (Lipinski definition) is 1. The average molecular weight is 581 g/mol. The zero-order chi connectivity index (χ0) is 30.5. The molecule has 0 spiro atoms. The van der Waals surface area contributed by atoms with Gasteiger partial charge in [-0.3, -0.25) is 14.8 Å². The highest BCUT2D eigenvalue weighted by Crippen LogP contribution is 2.29. The fourth-order valence-electron chi connectivity index (χ4n) is 4.57. The lowest BCUT2D eigenvalue weighted by molar-refractivity contribution is -0.143. The first-order valence-electron chi connectivity index (χ1n) is 13.4. The van der Waals surface area contributed by atoms with Crippen molar-refractivity contribution in [1.29, 1.82) is 0 Å². The summed E-state index contributed by atoms with van der Waals surface area (Å²) in [5.41, 5.74) is 1.29. The van der Waals surface area contributed by atoms with Crippen LogP contribution in [0.1, 0.15) is 74.9 Å². The summed E-state index contributed by atoms with van der Waals surface area (Å²) in [4.78, 5) is 40.4. The van der Waals surface area contributed by atoms with Crippen LogP contribution in [0.4, 0.5) is 13.6 Å². The van der Waals surface area contributed by atoms with Gasteiger partial charge >= 0.3 is 24.6 Å². The van der Waals surface area contributed by atoms with Gasteiger partial charge in [0.25, 0.3) is 0 Å². The van der Waals surface area contributed by atoms with Crippen LogP contribution >= 0.6 is 0 Å². The van der Waals surface area contributed by atoms with Crippen molar-refractivity contribution in [1.82, 2.24) is 20.0 Å². The maximum atomic E-state index is 13.1. The number of aromatic nitrogens is 2. The second-order valence-corrected chi connectivity index (χ2v) is 10.7. The van der Waals surface area contributed by atoms with E-state index in [0.29, 0.717) is 23.2 Å². The molecule has 226 valence electrons. The largest absolute Gasteiger partial charge is 0.468 e. The molecule has 11 nitrogen and oxygen atoms in total. The number of hydrogen-bond acceptors (Lipinski definition) is 9. The first kappa shape index (κ1) is 31.8. The molecule has 1 amide bonds. The topological polar surface area (TPSA) is 121 Å². The van der Waals surface area contributed by atoms with Crippen LogP contribution in [0.25, 0.3) is 0 Å². The van der Waals surface area contributed by atoms with Crippen LogP contribution < -0.4 is 10.1 Å². The van der Waals surface area contributed by atoms with Gasteiger partial charge in [-0.15, -0.1) is 0 Å². The minimum atomic E-state index is -2.94. The van der Waals surface area contributed by atoms with E-state index in [1.54, 1.807) is 51.7 Å². The van der Waals surface area contributed by atoms with Gasteiger partial charge in [0, 0.05) is 24.1 Å². The zero-order valence-electron chi connectivity index (χ0n) is 24.4. The number of carbonyl (C=O) groups is 3. The number of esters is 2. The molecule has 41 heavy (non-hydrogen) atoms. The Kier molecular flexibility index (Phi) is 10.3. The van der Waals surface area contributed by atoms with E-state index in [0.717, 1.165) is 0 Å². The van der Waals surface area contributed by atoms with Crippen molar-refractivity contribution < 1.29 is 42.1 Å². The summed E-state index contributed by atoms with van der Waals surface area (Å²) in [6.07, 6.45) is -0.139. The van der Waals surface area contributed by atoms with Gasteiger partial charge in [-0.2, -0.15) is 13.9 Å². The van der Waals surface area contributed by atoms with Gasteiger partial charge in [-0.25, -0.2) is 9.59 Å². The number of benzene rings is 1.